The van der Waals surface area contributed by atoms with E-state index < -0.39 is 0 Å². The van der Waals surface area contributed by atoms with Gasteiger partial charge in [0.15, 0.2) is 0 Å². The number of nitrogens with one attached hydrogen (secondary N) is 1. The van der Waals surface area contributed by atoms with Gasteiger partial charge in [0.1, 0.15) is 12.1 Å². The lowest BCUT2D eigenvalue weighted by molar-refractivity contribution is -0.122. The zero-order chi connectivity index (χ0) is 16.7. The molecule has 24 heavy (non-hydrogen) atoms. The van der Waals surface area contributed by atoms with E-state index in [0.29, 0.717) is 5.52 Å². The van der Waals surface area contributed by atoms with Crippen LogP contribution in [0.5, 0.6) is 0 Å². The highest BCUT2D eigenvalue weighted by Crippen LogP contribution is 2.24. The number of aryl methyl sites for hydroxylation is 1. The first kappa shape index (κ1) is 14.9. The van der Waals surface area contributed by atoms with Gasteiger partial charge in [0.2, 0.25) is 5.91 Å². The van der Waals surface area contributed by atoms with Crippen molar-refractivity contribution in [2.75, 3.05) is 0 Å². The molecule has 0 saturated heterocycles. The SMILES string of the molecule is Cn1c2ccccc2c2cnn(CC(=O)NC3CCCC3)c(=O)c21. The van der Waals surface area contributed by atoms with Crippen molar-refractivity contribution in [1.82, 2.24) is 19.7 Å². The van der Waals surface area contributed by atoms with E-state index in [-0.39, 0.29) is 24.1 Å². The molecule has 0 radical (unpaired) electrons. The van der Waals surface area contributed by atoms with Gasteiger partial charge in [-0.25, -0.2) is 4.68 Å². The van der Waals surface area contributed by atoms with Gasteiger partial charge in [0, 0.05) is 29.4 Å². The molecule has 0 bridgehead atoms. The molecule has 1 aromatic carbocycles. The quantitative estimate of drug-likeness (QED) is 0.800. The number of nitrogens with zero attached hydrogens (tertiary/aromatic N) is 3. The minimum Gasteiger partial charge on any atom is -0.352 e. The molecule has 1 fully saturated rings. The number of rotatable bonds is 3. The number of aromatic nitrogens is 3. The van der Waals surface area contributed by atoms with E-state index in [1.165, 1.54) is 4.68 Å². The highest BCUT2D eigenvalue weighted by atomic mass is 16.2. The molecule has 2 heterocycles. The summed E-state index contributed by atoms with van der Waals surface area (Å²) in [6, 6.07) is 8.10. The number of fused-ring (bicyclic) bond motifs is 3. The van der Waals surface area contributed by atoms with Crippen molar-refractivity contribution in [3.8, 4) is 0 Å². The third-order valence-corrected chi connectivity index (χ3v) is 4.92. The summed E-state index contributed by atoms with van der Waals surface area (Å²) in [4.78, 5) is 25.0. The van der Waals surface area contributed by atoms with Gasteiger partial charge >= 0.3 is 0 Å². The van der Waals surface area contributed by atoms with Crippen LogP contribution < -0.4 is 10.9 Å². The van der Waals surface area contributed by atoms with Crippen molar-refractivity contribution < 1.29 is 4.79 Å². The van der Waals surface area contributed by atoms with Gasteiger partial charge in [0.05, 0.1) is 6.20 Å². The molecule has 0 aliphatic heterocycles. The van der Waals surface area contributed by atoms with Gasteiger partial charge in [-0.2, -0.15) is 5.10 Å². The lowest BCUT2D eigenvalue weighted by atomic mass is 10.2. The van der Waals surface area contributed by atoms with Crippen molar-refractivity contribution in [3.05, 3.63) is 40.8 Å². The molecular formula is C18H20N4O2. The van der Waals surface area contributed by atoms with Crippen molar-refractivity contribution >= 4 is 27.7 Å². The van der Waals surface area contributed by atoms with Crippen LogP contribution in [-0.2, 0) is 18.4 Å². The zero-order valence-electron chi connectivity index (χ0n) is 13.7. The van der Waals surface area contributed by atoms with Crippen molar-refractivity contribution in [3.63, 3.8) is 0 Å². The van der Waals surface area contributed by atoms with Crippen LogP contribution in [0.4, 0.5) is 0 Å². The second kappa shape index (κ2) is 5.78. The summed E-state index contributed by atoms with van der Waals surface area (Å²) >= 11 is 0. The topological polar surface area (TPSA) is 68.9 Å². The van der Waals surface area contributed by atoms with E-state index in [4.69, 9.17) is 0 Å². The maximum Gasteiger partial charge on any atom is 0.291 e. The standard InChI is InChI=1S/C18H20N4O2/c1-21-15-9-5-4-8-13(15)14-10-19-22(18(24)17(14)21)11-16(23)20-12-6-2-3-7-12/h4-5,8-10,12H,2-3,6-7,11H2,1H3,(H,20,23). The first-order chi connectivity index (χ1) is 11.6. The molecule has 0 unspecified atom stereocenters. The zero-order valence-corrected chi connectivity index (χ0v) is 13.7. The lowest BCUT2D eigenvalue weighted by Crippen LogP contribution is -2.38. The highest BCUT2D eigenvalue weighted by molar-refractivity contribution is 6.07. The first-order valence-corrected chi connectivity index (χ1v) is 8.38. The summed E-state index contributed by atoms with van der Waals surface area (Å²) in [7, 11) is 1.87. The Hall–Kier alpha value is -2.63. The Morgan fingerprint density at radius 1 is 1.25 bits per heavy atom. The fourth-order valence-corrected chi connectivity index (χ4v) is 3.71. The molecule has 0 atom stereocenters. The van der Waals surface area contributed by atoms with E-state index in [9.17, 15) is 9.59 Å². The van der Waals surface area contributed by atoms with Gasteiger partial charge in [0.25, 0.3) is 5.56 Å². The van der Waals surface area contributed by atoms with Gasteiger partial charge in [-0.3, -0.25) is 9.59 Å². The Labute approximate surface area is 139 Å². The summed E-state index contributed by atoms with van der Waals surface area (Å²) < 4.78 is 3.13. The van der Waals surface area contributed by atoms with E-state index in [1.54, 1.807) is 6.20 Å². The van der Waals surface area contributed by atoms with Crippen LogP contribution in [-0.4, -0.2) is 26.3 Å². The molecule has 2 aromatic heterocycles. The summed E-state index contributed by atoms with van der Waals surface area (Å²) in [5.41, 5.74) is 1.34. The Bertz CT molecular complexity index is 980. The predicted molar refractivity (Wildman–Crippen MR) is 92.9 cm³/mol. The number of hydrogen-bond donors (Lipinski definition) is 1. The van der Waals surface area contributed by atoms with Crippen molar-refractivity contribution in [1.29, 1.82) is 0 Å². The second-order valence-corrected chi connectivity index (χ2v) is 6.49. The predicted octanol–water partition coefficient (Wildman–Crippen LogP) is 1.95. The first-order valence-electron chi connectivity index (χ1n) is 8.38. The fourth-order valence-electron chi connectivity index (χ4n) is 3.71. The Balaban J connectivity index is 1.70. The fraction of sp³-hybridized carbons (Fsp3) is 0.389. The third-order valence-electron chi connectivity index (χ3n) is 4.92. The normalized spacial score (nSPS) is 15.4. The minimum absolute atomic E-state index is 0.0349. The Morgan fingerprint density at radius 2 is 2.00 bits per heavy atom. The molecule has 6 heteroatoms. The van der Waals surface area contributed by atoms with Crippen molar-refractivity contribution in [2.45, 2.75) is 38.3 Å². The number of amides is 1. The van der Waals surface area contributed by atoms with Crippen molar-refractivity contribution in [2.24, 2.45) is 7.05 Å². The smallest absolute Gasteiger partial charge is 0.291 e. The Kier molecular flexibility index (Phi) is 3.59. The van der Waals surface area contributed by atoms with Gasteiger partial charge < -0.3 is 9.88 Å². The average molecular weight is 324 g/mol. The molecule has 124 valence electrons. The third kappa shape index (κ3) is 2.38. The van der Waals surface area contributed by atoms with Crippen LogP contribution >= 0.6 is 0 Å². The molecule has 6 nitrogen and oxygen atoms in total. The minimum atomic E-state index is -0.229. The monoisotopic (exact) mass is 324 g/mol. The molecule has 4 rings (SSSR count). The maximum atomic E-state index is 12.8. The van der Waals surface area contributed by atoms with E-state index in [0.717, 1.165) is 42.0 Å². The molecule has 3 aromatic rings. The summed E-state index contributed by atoms with van der Waals surface area (Å²) in [5, 5.41) is 9.04. The lowest BCUT2D eigenvalue weighted by Gasteiger charge is -2.12. The molecule has 1 saturated carbocycles. The molecule has 1 aliphatic carbocycles. The number of carbonyl (C=O) groups excluding carboxylic acids is 1. The summed E-state index contributed by atoms with van der Waals surface area (Å²) in [5.74, 6) is -0.144. The van der Waals surface area contributed by atoms with Crippen LogP contribution in [0.1, 0.15) is 25.7 Å². The van der Waals surface area contributed by atoms with Crippen LogP contribution in [0.3, 0.4) is 0 Å². The Morgan fingerprint density at radius 3 is 2.79 bits per heavy atom. The average Bonchev–Trinajstić information content (AvgIpc) is 3.18. The molecule has 1 N–H and O–H groups in total. The molecule has 1 aliphatic rings. The van der Waals surface area contributed by atoms with Crippen LogP contribution in [0.2, 0.25) is 0 Å². The largest absolute Gasteiger partial charge is 0.352 e. The summed E-state index contributed by atoms with van der Waals surface area (Å²) in [6.45, 7) is -0.0349. The van der Waals surface area contributed by atoms with Crippen LogP contribution in [0.15, 0.2) is 35.3 Å². The van der Waals surface area contributed by atoms with Gasteiger partial charge in [-0.1, -0.05) is 31.0 Å². The molecular weight excluding hydrogens is 304 g/mol. The maximum absolute atomic E-state index is 12.8. The number of para-hydroxylation sites is 1. The highest BCUT2D eigenvalue weighted by Gasteiger charge is 2.19. The van der Waals surface area contributed by atoms with Gasteiger partial charge in [-0.15, -0.1) is 0 Å². The number of hydrogen-bond acceptors (Lipinski definition) is 3. The van der Waals surface area contributed by atoms with E-state index in [2.05, 4.69) is 10.4 Å². The number of carbonyl (C=O) groups is 1. The second-order valence-electron chi connectivity index (χ2n) is 6.49. The molecule has 0 spiro atoms. The van der Waals surface area contributed by atoms with Crippen LogP contribution in [0.25, 0.3) is 21.8 Å². The molecule has 1 amide bonds. The number of benzene rings is 1. The van der Waals surface area contributed by atoms with Crippen LogP contribution in [0, 0.1) is 0 Å². The van der Waals surface area contributed by atoms with Gasteiger partial charge in [-0.05, 0) is 18.9 Å². The van der Waals surface area contributed by atoms with E-state index >= 15 is 0 Å². The van der Waals surface area contributed by atoms with E-state index in [1.807, 2.05) is 35.9 Å². The summed E-state index contributed by atoms with van der Waals surface area (Å²) in [6.07, 6.45) is 6.05.